The zero-order valence-corrected chi connectivity index (χ0v) is 19.1. The first kappa shape index (κ1) is 23.0. The molecule has 0 aromatic heterocycles. The van der Waals surface area contributed by atoms with Crippen molar-refractivity contribution in [1.82, 2.24) is 0 Å². The maximum absolute atomic E-state index is 6.11. The highest BCUT2D eigenvalue weighted by atomic mass is 16.6. The van der Waals surface area contributed by atoms with Crippen molar-refractivity contribution in [1.29, 1.82) is 0 Å². The number of benzene rings is 2. The van der Waals surface area contributed by atoms with Gasteiger partial charge in [-0.25, -0.2) is 0 Å². The van der Waals surface area contributed by atoms with Gasteiger partial charge in [0.05, 0.1) is 19.3 Å². The maximum atomic E-state index is 6.11. The normalized spacial score (nSPS) is 19.1. The Morgan fingerprint density at radius 2 is 1.30 bits per heavy atom. The Labute approximate surface area is 184 Å². The van der Waals surface area contributed by atoms with Gasteiger partial charge in [0, 0.05) is 0 Å². The van der Waals surface area contributed by atoms with Gasteiger partial charge in [0.25, 0.3) is 0 Å². The van der Waals surface area contributed by atoms with Crippen LogP contribution in [0.15, 0.2) is 48.5 Å². The predicted molar refractivity (Wildman–Crippen MR) is 127 cm³/mol. The summed E-state index contributed by atoms with van der Waals surface area (Å²) >= 11 is 0. The molecule has 0 bridgehead atoms. The molecule has 0 saturated carbocycles. The number of ether oxygens (including phenoxy) is 2. The topological polar surface area (TPSA) is 18.5 Å². The summed E-state index contributed by atoms with van der Waals surface area (Å²) in [6.45, 7) is 5.90. The second-order valence-electron chi connectivity index (χ2n) is 8.76. The molecule has 2 nitrogen and oxygen atoms in total. The highest BCUT2D eigenvalue weighted by Gasteiger charge is 2.23. The first-order valence-electron chi connectivity index (χ1n) is 12.2. The predicted octanol–water partition coefficient (Wildman–Crippen LogP) is 7.90. The van der Waals surface area contributed by atoms with E-state index in [2.05, 4.69) is 62.4 Å². The molecule has 1 saturated heterocycles. The van der Waals surface area contributed by atoms with Crippen LogP contribution >= 0.6 is 0 Å². The lowest BCUT2D eigenvalue weighted by Crippen LogP contribution is -2.31. The molecule has 2 unspecified atom stereocenters. The lowest BCUT2D eigenvalue weighted by Gasteiger charge is -2.30. The zero-order chi connectivity index (χ0) is 21.0. The first-order valence-corrected chi connectivity index (χ1v) is 12.2. The van der Waals surface area contributed by atoms with Crippen LogP contribution in [0.1, 0.15) is 88.9 Å². The van der Waals surface area contributed by atoms with Gasteiger partial charge < -0.3 is 9.47 Å². The van der Waals surface area contributed by atoms with Gasteiger partial charge >= 0.3 is 0 Å². The summed E-state index contributed by atoms with van der Waals surface area (Å²) in [5.41, 5.74) is 5.22. The lowest BCUT2D eigenvalue weighted by molar-refractivity contribution is -0.137. The van der Waals surface area contributed by atoms with Gasteiger partial charge in [-0.05, 0) is 41.5 Å². The molecule has 1 fully saturated rings. The largest absolute Gasteiger partial charge is 0.373 e. The smallest absolute Gasteiger partial charge is 0.106 e. The van der Waals surface area contributed by atoms with Gasteiger partial charge in [-0.3, -0.25) is 0 Å². The van der Waals surface area contributed by atoms with Crippen LogP contribution in [0, 0.1) is 0 Å². The highest BCUT2D eigenvalue weighted by molar-refractivity contribution is 5.64. The average Bonchev–Trinajstić information content (AvgIpc) is 2.80. The summed E-state index contributed by atoms with van der Waals surface area (Å²) in [6, 6.07) is 17.9. The second kappa shape index (κ2) is 12.9. The molecule has 30 heavy (non-hydrogen) atoms. The Morgan fingerprint density at radius 1 is 0.667 bits per heavy atom. The van der Waals surface area contributed by atoms with E-state index >= 15 is 0 Å². The summed E-state index contributed by atoms with van der Waals surface area (Å²) in [7, 11) is 0. The van der Waals surface area contributed by atoms with E-state index < -0.39 is 0 Å². The number of hydrogen-bond donors (Lipinski definition) is 0. The van der Waals surface area contributed by atoms with Gasteiger partial charge in [-0.15, -0.1) is 0 Å². The van der Waals surface area contributed by atoms with Crippen molar-refractivity contribution in [2.45, 2.75) is 90.3 Å². The van der Waals surface area contributed by atoms with E-state index in [0.29, 0.717) is 6.61 Å². The molecule has 0 N–H and O–H groups in total. The lowest BCUT2D eigenvalue weighted by atomic mass is 9.99. The van der Waals surface area contributed by atoms with Crippen molar-refractivity contribution in [2.24, 2.45) is 0 Å². The van der Waals surface area contributed by atoms with Crippen molar-refractivity contribution < 1.29 is 9.47 Å². The van der Waals surface area contributed by atoms with Crippen LogP contribution in [0.25, 0.3) is 11.1 Å². The molecule has 1 aliphatic heterocycles. The Kier molecular flexibility index (Phi) is 9.92. The molecule has 3 rings (SSSR count). The molecule has 1 heterocycles. The summed E-state index contributed by atoms with van der Waals surface area (Å²) in [4.78, 5) is 0. The molecule has 1 aliphatic rings. The van der Waals surface area contributed by atoms with E-state index in [9.17, 15) is 0 Å². The quantitative estimate of drug-likeness (QED) is 0.332. The molecule has 164 valence electrons. The summed E-state index contributed by atoms with van der Waals surface area (Å²) in [5.74, 6) is 0. The van der Waals surface area contributed by atoms with E-state index in [1.54, 1.807) is 0 Å². The molecule has 2 aromatic carbocycles. The SMILES string of the molecule is CCCCCCCc1ccc(-c2ccc(C3COC(CCCCC)CO3)cc2)cc1. The first-order chi connectivity index (χ1) is 14.8. The monoisotopic (exact) mass is 408 g/mol. The zero-order valence-electron chi connectivity index (χ0n) is 19.1. The molecule has 0 radical (unpaired) electrons. The van der Waals surface area contributed by atoms with Gasteiger partial charge in [-0.2, -0.15) is 0 Å². The van der Waals surface area contributed by atoms with Crippen LogP contribution in [0.3, 0.4) is 0 Å². The Hall–Kier alpha value is -1.64. The number of unbranched alkanes of at least 4 members (excludes halogenated alkanes) is 6. The minimum atomic E-state index is 0.0663. The fourth-order valence-electron chi connectivity index (χ4n) is 4.21. The van der Waals surface area contributed by atoms with Crippen molar-refractivity contribution in [3.05, 3.63) is 59.7 Å². The third kappa shape index (κ3) is 7.25. The minimum absolute atomic E-state index is 0.0663. The van der Waals surface area contributed by atoms with Crippen LogP contribution in [0.2, 0.25) is 0 Å². The third-order valence-corrected chi connectivity index (χ3v) is 6.23. The average molecular weight is 409 g/mol. The van der Waals surface area contributed by atoms with E-state index in [0.717, 1.165) is 13.0 Å². The van der Waals surface area contributed by atoms with Crippen molar-refractivity contribution >= 4 is 0 Å². The van der Waals surface area contributed by atoms with E-state index in [1.807, 2.05) is 0 Å². The highest BCUT2D eigenvalue weighted by Crippen LogP contribution is 2.27. The summed E-state index contributed by atoms with van der Waals surface area (Å²) in [6.07, 6.45) is 13.1. The fourth-order valence-corrected chi connectivity index (χ4v) is 4.21. The van der Waals surface area contributed by atoms with Crippen molar-refractivity contribution in [3.8, 4) is 11.1 Å². The number of rotatable bonds is 12. The molecule has 2 aromatic rings. The summed E-state index contributed by atoms with van der Waals surface area (Å²) in [5, 5.41) is 0. The fraction of sp³-hybridized carbons (Fsp3) is 0.571. The van der Waals surface area contributed by atoms with Crippen LogP contribution in [0.5, 0.6) is 0 Å². The van der Waals surface area contributed by atoms with E-state index in [-0.39, 0.29) is 12.2 Å². The second-order valence-corrected chi connectivity index (χ2v) is 8.76. The molecule has 0 amide bonds. The van der Waals surface area contributed by atoms with Crippen molar-refractivity contribution in [3.63, 3.8) is 0 Å². The number of hydrogen-bond acceptors (Lipinski definition) is 2. The maximum Gasteiger partial charge on any atom is 0.106 e. The standard InChI is InChI=1S/C28H40O2/c1-3-5-7-8-10-11-23-13-15-24(16-14-23)25-17-19-26(20-18-25)28-22-29-27(21-30-28)12-9-6-4-2/h13-20,27-28H,3-12,21-22H2,1-2H3. The number of aryl methyl sites for hydroxylation is 1. The minimum Gasteiger partial charge on any atom is -0.373 e. The molecule has 0 aliphatic carbocycles. The van der Waals surface area contributed by atoms with Crippen LogP contribution in [-0.4, -0.2) is 19.3 Å². The Morgan fingerprint density at radius 3 is 1.93 bits per heavy atom. The Balaban J connectivity index is 1.46. The van der Waals surface area contributed by atoms with Gasteiger partial charge in [0.15, 0.2) is 0 Å². The van der Waals surface area contributed by atoms with Gasteiger partial charge in [-0.1, -0.05) is 107 Å². The van der Waals surface area contributed by atoms with Gasteiger partial charge in [0.2, 0.25) is 0 Å². The molecular weight excluding hydrogens is 368 g/mol. The van der Waals surface area contributed by atoms with Crippen LogP contribution < -0.4 is 0 Å². The van der Waals surface area contributed by atoms with Gasteiger partial charge in [0.1, 0.15) is 6.10 Å². The van der Waals surface area contributed by atoms with Crippen LogP contribution in [-0.2, 0) is 15.9 Å². The molecule has 2 atom stereocenters. The van der Waals surface area contributed by atoms with E-state index in [1.165, 1.54) is 80.0 Å². The van der Waals surface area contributed by atoms with E-state index in [4.69, 9.17) is 9.47 Å². The third-order valence-electron chi connectivity index (χ3n) is 6.23. The van der Waals surface area contributed by atoms with Crippen molar-refractivity contribution in [2.75, 3.05) is 13.2 Å². The molecule has 2 heteroatoms. The molecular formula is C28H40O2. The summed E-state index contributed by atoms with van der Waals surface area (Å²) < 4.78 is 12.2. The Bertz CT molecular complexity index is 696. The van der Waals surface area contributed by atoms with Crippen LogP contribution in [0.4, 0.5) is 0 Å². The molecule has 0 spiro atoms.